The molecule has 0 bridgehead atoms. The van der Waals surface area contributed by atoms with Crippen molar-refractivity contribution in [2.75, 3.05) is 0 Å². The van der Waals surface area contributed by atoms with Crippen LogP contribution in [0.3, 0.4) is 0 Å². The first kappa shape index (κ1) is 16.8. The minimum absolute atomic E-state index is 0.0323. The van der Waals surface area contributed by atoms with Crippen LogP contribution in [0.4, 0.5) is 0 Å². The van der Waals surface area contributed by atoms with E-state index in [1.54, 1.807) is 11.0 Å². The van der Waals surface area contributed by atoms with Crippen LogP contribution in [-0.2, 0) is 6.54 Å². The Balaban J connectivity index is 1.76. The summed E-state index contributed by atoms with van der Waals surface area (Å²) in [6, 6.07) is 7.83. The van der Waals surface area contributed by atoms with E-state index in [0.717, 1.165) is 48.3 Å². The molecule has 132 valence electrons. The molecule has 2 aromatic rings. The third kappa shape index (κ3) is 3.02. The lowest BCUT2D eigenvalue weighted by Crippen LogP contribution is -2.53. The summed E-state index contributed by atoms with van der Waals surface area (Å²) in [6.45, 7) is 0.479. The second-order valence-electron chi connectivity index (χ2n) is 7.52. The van der Waals surface area contributed by atoms with Gasteiger partial charge in [0.2, 0.25) is 0 Å². The number of hydrogen-bond donors (Lipinski definition) is 1. The molecule has 2 fully saturated rings. The van der Waals surface area contributed by atoms with E-state index in [1.165, 1.54) is 19.2 Å². The molecule has 1 aromatic heterocycles. The van der Waals surface area contributed by atoms with Crippen LogP contribution in [0.25, 0.3) is 6.08 Å². The molecule has 1 aromatic carbocycles. The van der Waals surface area contributed by atoms with Crippen molar-refractivity contribution >= 4 is 17.7 Å². The SMILES string of the molecule is OC1(Cn2cncn2)/C(=C/c2ccc(Cl)cc2)CCCC12CCCC2. The molecular formula is C20H24ClN3O. The number of benzene rings is 1. The Hall–Kier alpha value is -1.65. The predicted octanol–water partition coefficient (Wildman–Crippen LogP) is 4.49. The first-order chi connectivity index (χ1) is 12.1. The molecule has 1 spiro atoms. The Morgan fingerprint density at radius 2 is 1.84 bits per heavy atom. The number of halogens is 1. The molecule has 2 aliphatic carbocycles. The Morgan fingerprint density at radius 1 is 1.12 bits per heavy atom. The second kappa shape index (κ2) is 6.58. The summed E-state index contributed by atoms with van der Waals surface area (Å²) in [5.74, 6) is 0. The van der Waals surface area contributed by atoms with E-state index in [0.29, 0.717) is 6.54 Å². The molecule has 2 aliphatic rings. The third-order valence-corrected chi connectivity index (χ3v) is 6.39. The summed E-state index contributed by atoms with van der Waals surface area (Å²) in [7, 11) is 0. The summed E-state index contributed by atoms with van der Waals surface area (Å²) < 4.78 is 1.78. The van der Waals surface area contributed by atoms with Crippen LogP contribution in [0.15, 0.2) is 42.5 Å². The van der Waals surface area contributed by atoms with Gasteiger partial charge in [-0.3, -0.25) is 0 Å². The Morgan fingerprint density at radius 3 is 2.52 bits per heavy atom. The molecule has 1 atom stereocenters. The monoisotopic (exact) mass is 357 g/mol. The van der Waals surface area contributed by atoms with Crippen LogP contribution in [-0.4, -0.2) is 25.5 Å². The van der Waals surface area contributed by atoms with E-state index in [1.807, 2.05) is 24.3 Å². The second-order valence-corrected chi connectivity index (χ2v) is 7.95. The third-order valence-electron chi connectivity index (χ3n) is 6.14. The van der Waals surface area contributed by atoms with Crippen molar-refractivity contribution in [2.24, 2.45) is 5.41 Å². The van der Waals surface area contributed by atoms with E-state index in [2.05, 4.69) is 16.2 Å². The smallest absolute Gasteiger partial charge is 0.137 e. The first-order valence-electron chi connectivity index (χ1n) is 9.13. The minimum Gasteiger partial charge on any atom is -0.383 e. The van der Waals surface area contributed by atoms with Crippen molar-refractivity contribution in [2.45, 2.75) is 57.1 Å². The summed E-state index contributed by atoms with van der Waals surface area (Å²) in [4.78, 5) is 4.06. The van der Waals surface area contributed by atoms with Crippen LogP contribution in [0.2, 0.25) is 5.02 Å². The van der Waals surface area contributed by atoms with Crippen molar-refractivity contribution in [1.82, 2.24) is 14.8 Å². The van der Waals surface area contributed by atoms with Gasteiger partial charge in [-0.1, -0.05) is 42.7 Å². The topological polar surface area (TPSA) is 50.9 Å². The fourth-order valence-electron chi connectivity index (χ4n) is 4.86. The fourth-order valence-corrected chi connectivity index (χ4v) is 4.98. The Kier molecular flexibility index (Phi) is 4.42. The van der Waals surface area contributed by atoms with Gasteiger partial charge in [0.1, 0.15) is 18.3 Å². The van der Waals surface area contributed by atoms with Gasteiger partial charge in [0.05, 0.1) is 6.54 Å². The number of hydrogen-bond acceptors (Lipinski definition) is 3. The van der Waals surface area contributed by atoms with Gasteiger partial charge in [-0.05, 0) is 55.4 Å². The Bertz CT molecular complexity index is 748. The lowest BCUT2D eigenvalue weighted by molar-refractivity contribution is -0.0859. The highest BCUT2D eigenvalue weighted by Gasteiger charge is 2.55. The zero-order valence-electron chi connectivity index (χ0n) is 14.4. The molecule has 2 saturated carbocycles. The van der Waals surface area contributed by atoms with Gasteiger partial charge in [0.15, 0.2) is 0 Å². The molecule has 4 nitrogen and oxygen atoms in total. The summed E-state index contributed by atoms with van der Waals surface area (Å²) in [6.07, 6.45) is 13.1. The van der Waals surface area contributed by atoms with Crippen LogP contribution < -0.4 is 0 Å². The van der Waals surface area contributed by atoms with Gasteiger partial charge in [-0.2, -0.15) is 5.10 Å². The highest BCUT2D eigenvalue weighted by molar-refractivity contribution is 6.30. The molecule has 5 heteroatoms. The molecule has 0 amide bonds. The number of nitrogens with zero attached hydrogens (tertiary/aromatic N) is 3. The zero-order valence-corrected chi connectivity index (χ0v) is 15.1. The first-order valence-corrected chi connectivity index (χ1v) is 9.51. The molecule has 25 heavy (non-hydrogen) atoms. The quantitative estimate of drug-likeness (QED) is 0.880. The van der Waals surface area contributed by atoms with E-state index < -0.39 is 5.60 Å². The largest absolute Gasteiger partial charge is 0.383 e. The number of aromatic nitrogens is 3. The van der Waals surface area contributed by atoms with Crippen molar-refractivity contribution in [3.05, 3.63) is 53.1 Å². The lowest BCUT2D eigenvalue weighted by atomic mass is 9.59. The summed E-state index contributed by atoms with van der Waals surface area (Å²) in [5, 5.41) is 17.0. The maximum Gasteiger partial charge on any atom is 0.137 e. The molecule has 0 saturated heterocycles. The van der Waals surface area contributed by atoms with Crippen molar-refractivity contribution in [1.29, 1.82) is 0 Å². The van der Waals surface area contributed by atoms with Crippen molar-refractivity contribution < 1.29 is 5.11 Å². The molecule has 1 unspecified atom stereocenters. The molecule has 1 N–H and O–H groups in total. The highest BCUT2D eigenvalue weighted by atomic mass is 35.5. The maximum atomic E-state index is 12.0. The van der Waals surface area contributed by atoms with E-state index in [-0.39, 0.29) is 5.41 Å². The van der Waals surface area contributed by atoms with Gasteiger partial charge in [0.25, 0.3) is 0 Å². The van der Waals surface area contributed by atoms with E-state index >= 15 is 0 Å². The molecule has 1 heterocycles. The lowest BCUT2D eigenvalue weighted by Gasteiger charge is -2.50. The Labute approximate surface area is 153 Å². The van der Waals surface area contributed by atoms with Gasteiger partial charge in [-0.25, -0.2) is 9.67 Å². The molecule has 0 radical (unpaired) electrons. The minimum atomic E-state index is -0.866. The van der Waals surface area contributed by atoms with E-state index in [4.69, 9.17) is 11.6 Å². The van der Waals surface area contributed by atoms with Gasteiger partial charge >= 0.3 is 0 Å². The van der Waals surface area contributed by atoms with Crippen molar-refractivity contribution in [3.8, 4) is 0 Å². The fraction of sp³-hybridized carbons (Fsp3) is 0.500. The van der Waals surface area contributed by atoms with Crippen molar-refractivity contribution in [3.63, 3.8) is 0 Å². The van der Waals surface area contributed by atoms with Crippen LogP contribution in [0.1, 0.15) is 50.5 Å². The molecule has 0 aliphatic heterocycles. The van der Waals surface area contributed by atoms with Gasteiger partial charge < -0.3 is 5.11 Å². The zero-order chi connectivity index (χ0) is 17.3. The van der Waals surface area contributed by atoms with Crippen LogP contribution >= 0.6 is 11.6 Å². The summed E-state index contributed by atoms with van der Waals surface area (Å²) >= 11 is 6.02. The van der Waals surface area contributed by atoms with Crippen LogP contribution in [0.5, 0.6) is 0 Å². The average Bonchev–Trinajstić information content (AvgIpc) is 3.27. The van der Waals surface area contributed by atoms with Gasteiger partial charge in [0, 0.05) is 10.4 Å². The summed E-state index contributed by atoms with van der Waals surface area (Å²) in [5.41, 5.74) is 1.31. The molecular weight excluding hydrogens is 334 g/mol. The molecule has 4 rings (SSSR count). The number of aliphatic hydroxyl groups is 1. The predicted molar refractivity (Wildman–Crippen MR) is 99.2 cm³/mol. The highest BCUT2D eigenvalue weighted by Crippen LogP contribution is 2.57. The maximum absolute atomic E-state index is 12.0. The standard InChI is InChI=1S/C20H24ClN3O/c21-18-7-5-16(6-8-18)12-17-4-3-11-19(9-1-2-10-19)20(17,25)13-24-15-22-14-23-24/h5-8,12,14-15,25H,1-4,9-11,13H2/b17-12+. The number of rotatable bonds is 3. The van der Waals surface area contributed by atoms with Crippen LogP contribution in [0, 0.1) is 5.41 Å². The van der Waals surface area contributed by atoms with E-state index in [9.17, 15) is 5.11 Å². The average molecular weight is 358 g/mol. The normalized spacial score (nSPS) is 27.2. The van der Waals surface area contributed by atoms with Gasteiger partial charge in [-0.15, -0.1) is 0 Å².